The van der Waals surface area contributed by atoms with Gasteiger partial charge < -0.3 is 14.2 Å². The molecule has 0 heterocycles. The van der Waals surface area contributed by atoms with Gasteiger partial charge in [0.05, 0.1) is 29.0 Å². The van der Waals surface area contributed by atoms with Gasteiger partial charge in [-0.3, -0.25) is 5.32 Å². The molecule has 116 valence electrons. The van der Waals surface area contributed by atoms with E-state index < -0.39 is 24.7 Å². The van der Waals surface area contributed by atoms with E-state index in [0.29, 0.717) is 0 Å². The number of ether oxygens (including phenoxy) is 3. The van der Waals surface area contributed by atoms with E-state index in [2.05, 4.69) is 10.1 Å². The van der Waals surface area contributed by atoms with Crippen LogP contribution in [-0.2, 0) is 9.47 Å². The van der Waals surface area contributed by atoms with Crippen LogP contribution >= 0.6 is 11.6 Å². The molecule has 0 saturated carbocycles. The lowest BCUT2D eigenvalue weighted by atomic mass is 10.1. The van der Waals surface area contributed by atoms with Crippen molar-refractivity contribution < 1.29 is 27.9 Å². The Labute approximate surface area is 132 Å². The van der Waals surface area contributed by atoms with Gasteiger partial charge in [0.25, 0.3) is 0 Å². The molecule has 0 bridgehead atoms. The molecule has 0 atom stereocenters. The van der Waals surface area contributed by atoms with E-state index >= 15 is 0 Å². The third-order valence-electron chi connectivity index (χ3n) is 2.22. The zero-order valence-electron chi connectivity index (χ0n) is 15.1. The normalized spacial score (nSPS) is 13.5. The Hall–Kier alpha value is -1.95. The number of esters is 1. The predicted octanol–water partition coefficient (Wildman–Crippen LogP) is 3.48. The Morgan fingerprint density at radius 3 is 2.52 bits per heavy atom. The average molecular weight is 319 g/mol. The Bertz CT molecular complexity index is 641. The summed E-state index contributed by atoms with van der Waals surface area (Å²) >= 11 is 6.01. The summed E-state index contributed by atoms with van der Waals surface area (Å²) in [7, 11) is -1.68. The predicted molar refractivity (Wildman–Crippen MR) is 79.2 cm³/mol. The fourth-order valence-corrected chi connectivity index (χ4v) is 1.63. The van der Waals surface area contributed by atoms with Crippen molar-refractivity contribution in [1.29, 1.82) is 0 Å². The van der Waals surface area contributed by atoms with Crippen molar-refractivity contribution in [1.82, 2.24) is 0 Å². The molecule has 1 aromatic carbocycles. The number of halogens is 1. The molecule has 1 amide bonds. The number of methoxy groups -OCH3 is 2. The van der Waals surface area contributed by atoms with Crippen LogP contribution in [0, 0.1) is 0 Å². The first-order valence-electron chi connectivity index (χ1n) is 7.43. The third-order valence-corrected chi connectivity index (χ3v) is 2.53. The van der Waals surface area contributed by atoms with Crippen LogP contribution < -0.4 is 10.1 Å². The van der Waals surface area contributed by atoms with Crippen LogP contribution in [-0.4, -0.2) is 31.8 Å². The molecule has 0 fully saturated rings. The van der Waals surface area contributed by atoms with Gasteiger partial charge in [0.15, 0.2) is 0 Å². The summed E-state index contributed by atoms with van der Waals surface area (Å²) in [5.74, 6) is -1.14. The van der Waals surface area contributed by atoms with Crippen molar-refractivity contribution in [3.05, 3.63) is 22.7 Å². The van der Waals surface area contributed by atoms with Crippen LogP contribution in [0.2, 0.25) is 5.02 Å². The summed E-state index contributed by atoms with van der Waals surface area (Å²) in [5, 5.41) is 2.35. The maximum atomic E-state index is 11.8. The number of hydrogen-bond acceptors (Lipinski definition) is 5. The minimum Gasteiger partial charge on any atom is -0.496 e. The van der Waals surface area contributed by atoms with Gasteiger partial charge in [-0.2, -0.15) is 0 Å². The van der Waals surface area contributed by atoms with E-state index in [1.807, 2.05) is 0 Å². The maximum Gasteiger partial charge on any atom is 0.412 e. The highest BCUT2D eigenvalue weighted by Crippen LogP contribution is 2.31. The number of hydrogen-bond donors (Lipinski definition) is 1. The third kappa shape index (κ3) is 4.82. The fraction of sp³-hybridized carbons (Fsp3) is 0.429. The topological polar surface area (TPSA) is 73.9 Å². The lowest BCUT2D eigenvalue weighted by Gasteiger charge is -2.20. The first-order valence-corrected chi connectivity index (χ1v) is 6.31. The lowest BCUT2D eigenvalue weighted by Crippen LogP contribution is -2.27. The average Bonchev–Trinajstić information content (AvgIpc) is 2.37. The van der Waals surface area contributed by atoms with E-state index in [0.717, 1.165) is 19.2 Å². The molecule has 1 aromatic rings. The molecule has 21 heavy (non-hydrogen) atoms. The van der Waals surface area contributed by atoms with E-state index in [4.69, 9.17) is 25.2 Å². The number of benzene rings is 1. The Kier molecular flexibility index (Phi) is 4.05. The Morgan fingerprint density at radius 2 is 2.00 bits per heavy atom. The summed E-state index contributed by atoms with van der Waals surface area (Å²) < 4.78 is 35.9. The van der Waals surface area contributed by atoms with Gasteiger partial charge in [-0.25, -0.2) is 9.59 Å². The van der Waals surface area contributed by atoms with Crippen LogP contribution in [0.15, 0.2) is 12.1 Å². The number of amides is 1. The number of nitrogens with one attached hydrogen (secondary N) is 1. The van der Waals surface area contributed by atoms with E-state index in [9.17, 15) is 9.59 Å². The highest BCUT2D eigenvalue weighted by atomic mass is 35.5. The highest BCUT2D eigenvalue weighted by molar-refractivity contribution is 6.34. The molecule has 6 nitrogen and oxygen atoms in total. The van der Waals surface area contributed by atoms with Gasteiger partial charge in [-0.15, -0.1) is 0 Å². The second kappa shape index (κ2) is 6.67. The molecule has 0 radical (unpaired) electrons. The molecule has 1 rings (SSSR count). The van der Waals surface area contributed by atoms with Crippen molar-refractivity contribution in [3.63, 3.8) is 0 Å². The van der Waals surface area contributed by atoms with E-state index in [1.165, 1.54) is 0 Å². The zero-order valence-corrected chi connectivity index (χ0v) is 12.8. The Morgan fingerprint density at radius 1 is 1.33 bits per heavy atom. The van der Waals surface area contributed by atoms with Crippen LogP contribution in [0.25, 0.3) is 0 Å². The number of rotatable bonds is 3. The van der Waals surface area contributed by atoms with E-state index in [-0.39, 0.29) is 22.0 Å². The number of carbonyl (C=O) groups excluding carboxylic acids is 2. The van der Waals surface area contributed by atoms with Gasteiger partial charge >= 0.3 is 12.1 Å². The second-order valence-corrected chi connectivity index (χ2v) is 5.46. The van der Waals surface area contributed by atoms with Crippen molar-refractivity contribution in [2.45, 2.75) is 26.4 Å². The maximum absolute atomic E-state index is 11.8. The van der Waals surface area contributed by atoms with Crippen LogP contribution in [0.4, 0.5) is 10.5 Å². The van der Waals surface area contributed by atoms with E-state index in [1.54, 1.807) is 20.8 Å². The number of carbonyl (C=O) groups is 2. The fourth-order valence-electron chi connectivity index (χ4n) is 1.42. The molecule has 1 N–H and O–H groups in total. The summed E-state index contributed by atoms with van der Waals surface area (Å²) in [5.41, 5.74) is -0.897. The quantitative estimate of drug-likeness (QED) is 0.864. The zero-order chi connectivity index (χ0) is 18.7. The van der Waals surface area contributed by atoms with Crippen molar-refractivity contribution in [2.75, 3.05) is 19.5 Å². The first-order chi connectivity index (χ1) is 10.8. The molecule has 0 saturated heterocycles. The molecule has 0 aliphatic carbocycles. The van der Waals surface area contributed by atoms with Gasteiger partial charge in [0.1, 0.15) is 16.9 Å². The summed E-state index contributed by atoms with van der Waals surface area (Å²) in [6, 6.07) is 2.26. The van der Waals surface area contributed by atoms with Gasteiger partial charge in [-0.05, 0) is 26.8 Å². The second-order valence-electron chi connectivity index (χ2n) is 5.05. The highest BCUT2D eigenvalue weighted by Gasteiger charge is 2.20. The molecule has 0 spiro atoms. The Balaban J connectivity index is 3.21. The minimum atomic E-state index is -2.81. The SMILES string of the molecule is [2H]C([2H])([2H])Oc1cc(NC(=O)OC(C)(C)C)c(Cl)cc1C(=O)OC. The van der Waals surface area contributed by atoms with Crippen molar-refractivity contribution in [3.8, 4) is 5.75 Å². The molecule has 0 unspecified atom stereocenters. The van der Waals surface area contributed by atoms with Crippen LogP contribution in [0.5, 0.6) is 5.75 Å². The van der Waals surface area contributed by atoms with Gasteiger partial charge in [-0.1, -0.05) is 11.6 Å². The first kappa shape index (κ1) is 12.8. The molecule has 0 aromatic heterocycles. The van der Waals surface area contributed by atoms with Crippen molar-refractivity contribution >= 4 is 29.4 Å². The van der Waals surface area contributed by atoms with Crippen LogP contribution in [0.3, 0.4) is 0 Å². The monoisotopic (exact) mass is 318 g/mol. The standard InChI is InChI=1S/C14H18ClNO5/c1-14(2,3)21-13(18)16-10-7-11(19-4)8(6-9(10)15)12(17)20-5/h6-7H,1-5H3,(H,16,18)/i4D3. The molecule has 7 heteroatoms. The van der Waals surface area contributed by atoms with Gasteiger partial charge in [0, 0.05) is 6.07 Å². The summed E-state index contributed by atoms with van der Waals surface area (Å²) in [6.07, 6.45) is -0.796. The van der Waals surface area contributed by atoms with Crippen molar-refractivity contribution in [2.24, 2.45) is 0 Å². The minimum absolute atomic E-state index is 0.0147. The largest absolute Gasteiger partial charge is 0.496 e. The molecule has 0 aliphatic rings. The summed E-state index contributed by atoms with van der Waals surface area (Å²) in [4.78, 5) is 23.6. The van der Waals surface area contributed by atoms with Gasteiger partial charge in [0.2, 0.25) is 0 Å². The van der Waals surface area contributed by atoms with Crippen LogP contribution in [0.1, 0.15) is 35.2 Å². The smallest absolute Gasteiger partial charge is 0.412 e. The lowest BCUT2D eigenvalue weighted by molar-refractivity contribution is 0.0595. The molecule has 0 aliphatic heterocycles. The summed E-state index contributed by atoms with van der Waals surface area (Å²) in [6.45, 7) is 5.03. The molecular formula is C14H18ClNO5. The molecular weight excluding hydrogens is 298 g/mol. The number of anilines is 1.